The van der Waals surface area contributed by atoms with Crippen molar-refractivity contribution in [3.8, 4) is 0 Å². The average molecular weight is 375 g/mol. The number of aryl methyl sites for hydroxylation is 2. The van der Waals surface area contributed by atoms with E-state index in [1.165, 1.54) is 34.0 Å². The Kier molecular flexibility index (Phi) is 5.52. The van der Waals surface area contributed by atoms with Gasteiger partial charge in [-0.25, -0.2) is 0 Å². The molecule has 28 heavy (non-hydrogen) atoms. The fourth-order valence-corrected chi connectivity index (χ4v) is 4.47. The van der Waals surface area contributed by atoms with Gasteiger partial charge in [-0.05, 0) is 50.3 Å². The van der Waals surface area contributed by atoms with Crippen LogP contribution in [0, 0.1) is 6.92 Å². The highest BCUT2D eigenvalue weighted by atomic mass is 16.2. The number of carbonyl (C=O) groups is 1. The van der Waals surface area contributed by atoms with Gasteiger partial charge >= 0.3 is 0 Å². The lowest BCUT2D eigenvalue weighted by Crippen LogP contribution is -2.36. The van der Waals surface area contributed by atoms with E-state index >= 15 is 0 Å². The van der Waals surface area contributed by atoms with E-state index in [1.807, 2.05) is 0 Å². The molecule has 3 heteroatoms. The van der Waals surface area contributed by atoms with Crippen molar-refractivity contribution in [1.29, 1.82) is 0 Å². The van der Waals surface area contributed by atoms with Crippen LogP contribution in [0.25, 0.3) is 10.9 Å². The average Bonchev–Trinajstić information content (AvgIpc) is 3.12. The summed E-state index contributed by atoms with van der Waals surface area (Å²) in [7, 11) is 0. The third-order valence-electron chi connectivity index (χ3n) is 6.10. The molecular formula is C25H30N2O. The van der Waals surface area contributed by atoms with Gasteiger partial charge in [0.05, 0.1) is 0 Å². The molecule has 0 N–H and O–H groups in total. The highest BCUT2D eigenvalue weighted by Gasteiger charge is 2.25. The van der Waals surface area contributed by atoms with Gasteiger partial charge in [0, 0.05) is 49.1 Å². The van der Waals surface area contributed by atoms with Crippen LogP contribution in [0.1, 0.15) is 55.2 Å². The van der Waals surface area contributed by atoms with E-state index < -0.39 is 0 Å². The van der Waals surface area contributed by atoms with Gasteiger partial charge < -0.3 is 9.47 Å². The Hall–Kier alpha value is -2.55. The second-order valence-corrected chi connectivity index (χ2v) is 8.00. The molecule has 3 nitrogen and oxygen atoms in total. The molecule has 1 amide bonds. The molecule has 0 radical (unpaired) electrons. The van der Waals surface area contributed by atoms with Gasteiger partial charge in [0.25, 0.3) is 0 Å². The van der Waals surface area contributed by atoms with Crippen molar-refractivity contribution in [2.24, 2.45) is 0 Å². The molecule has 1 unspecified atom stereocenters. The zero-order valence-electron chi connectivity index (χ0n) is 17.0. The number of fused-ring (bicyclic) bond motifs is 1. The number of nitrogens with zero attached hydrogens (tertiary/aromatic N) is 2. The Bertz CT molecular complexity index is 948. The van der Waals surface area contributed by atoms with Crippen molar-refractivity contribution in [2.75, 3.05) is 13.1 Å². The summed E-state index contributed by atoms with van der Waals surface area (Å²) in [5.74, 6) is 0.381. The van der Waals surface area contributed by atoms with Crippen molar-refractivity contribution in [2.45, 2.75) is 52.0 Å². The quantitative estimate of drug-likeness (QED) is 0.578. The van der Waals surface area contributed by atoms with Crippen LogP contribution in [0.5, 0.6) is 0 Å². The lowest BCUT2D eigenvalue weighted by molar-refractivity contribution is -0.132. The van der Waals surface area contributed by atoms with Crippen LogP contribution in [0.4, 0.5) is 0 Å². The number of hydrogen-bond acceptors (Lipinski definition) is 1. The zero-order chi connectivity index (χ0) is 19.5. The number of para-hydroxylation sites is 1. The molecule has 2 heterocycles. The molecule has 1 aliphatic heterocycles. The lowest BCUT2D eigenvalue weighted by atomic mass is 9.87. The Morgan fingerprint density at radius 1 is 1.00 bits per heavy atom. The molecule has 146 valence electrons. The Morgan fingerprint density at radius 3 is 2.43 bits per heavy atom. The smallest absolute Gasteiger partial charge is 0.223 e. The van der Waals surface area contributed by atoms with Crippen LogP contribution in [0.2, 0.25) is 0 Å². The van der Waals surface area contributed by atoms with Crippen molar-refractivity contribution in [1.82, 2.24) is 9.47 Å². The summed E-state index contributed by atoms with van der Waals surface area (Å²) in [6.45, 7) is 7.05. The van der Waals surface area contributed by atoms with Crippen LogP contribution in [0.3, 0.4) is 0 Å². The van der Waals surface area contributed by atoms with Crippen LogP contribution >= 0.6 is 0 Å². The number of carbonyl (C=O) groups excluding carboxylic acids is 1. The van der Waals surface area contributed by atoms with Gasteiger partial charge in [0.15, 0.2) is 0 Å². The van der Waals surface area contributed by atoms with Crippen LogP contribution < -0.4 is 0 Å². The molecule has 3 aromatic rings. The largest absolute Gasteiger partial charge is 0.347 e. The molecule has 0 saturated carbocycles. The third-order valence-corrected chi connectivity index (χ3v) is 6.10. The van der Waals surface area contributed by atoms with Crippen molar-refractivity contribution >= 4 is 16.8 Å². The maximum atomic E-state index is 13.2. The second-order valence-electron chi connectivity index (χ2n) is 8.00. The van der Waals surface area contributed by atoms with E-state index in [4.69, 9.17) is 0 Å². The summed E-state index contributed by atoms with van der Waals surface area (Å²) in [5, 5.41) is 1.27. The van der Waals surface area contributed by atoms with Crippen molar-refractivity contribution < 1.29 is 4.79 Å². The van der Waals surface area contributed by atoms with Gasteiger partial charge in [0.2, 0.25) is 5.91 Å². The predicted molar refractivity (Wildman–Crippen MR) is 116 cm³/mol. The molecule has 1 atom stereocenters. The van der Waals surface area contributed by atoms with E-state index in [2.05, 4.69) is 78.0 Å². The van der Waals surface area contributed by atoms with Gasteiger partial charge in [-0.3, -0.25) is 4.79 Å². The molecule has 0 spiro atoms. The van der Waals surface area contributed by atoms with Gasteiger partial charge in [-0.1, -0.05) is 48.0 Å². The fraction of sp³-hybridized carbons (Fsp3) is 0.400. The highest BCUT2D eigenvalue weighted by Crippen LogP contribution is 2.35. The minimum Gasteiger partial charge on any atom is -0.347 e. The highest BCUT2D eigenvalue weighted by molar-refractivity contribution is 5.86. The molecule has 1 aliphatic rings. The second kappa shape index (κ2) is 8.22. The minimum absolute atomic E-state index is 0.0905. The number of benzene rings is 2. The van der Waals surface area contributed by atoms with Crippen molar-refractivity contribution in [3.63, 3.8) is 0 Å². The Morgan fingerprint density at radius 2 is 1.71 bits per heavy atom. The molecule has 0 aliphatic carbocycles. The van der Waals surface area contributed by atoms with Gasteiger partial charge in [-0.15, -0.1) is 0 Å². The maximum Gasteiger partial charge on any atom is 0.223 e. The van der Waals surface area contributed by atoms with Crippen LogP contribution in [-0.2, 0) is 11.3 Å². The molecule has 4 rings (SSSR count). The number of likely N-dealkylation sites (tertiary alicyclic amines) is 1. The first kappa shape index (κ1) is 18.8. The van der Waals surface area contributed by atoms with Crippen LogP contribution in [0.15, 0.2) is 54.7 Å². The first-order valence-corrected chi connectivity index (χ1v) is 10.6. The maximum absolute atomic E-state index is 13.2. The predicted octanol–water partition coefficient (Wildman–Crippen LogP) is 5.50. The summed E-state index contributed by atoms with van der Waals surface area (Å²) in [4.78, 5) is 15.2. The summed E-state index contributed by atoms with van der Waals surface area (Å²) in [6, 6.07) is 17.3. The standard InChI is InChI=1S/C25H30N2O/c1-3-26-18-23(21-9-5-6-10-24(21)26)22(20-13-11-19(2)12-14-20)17-25(28)27-15-7-4-8-16-27/h5-6,9-14,18,22H,3-4,7-8,15-17H2,1-2H3. The number of aromatic nitrogens is 1. The van der Waals surface area contributed by atoms with E-state index in [1.54, 1.807) is 0 Å². The Balaban J connectivity index is 1.75. The normalized spacial score (nSPS) is 15.7. The topological polar surface area (TPSA) is 25.2 Å². The van der Waals surface area contributed by atoms with Gasteiger partial charge in [-0.2, -0.15) is 0 Å². The first-order valence-electron chi connectivity index (χ1n) is 10.6. The summed E-state index contributed by atoms with van der Waals surface area (Å²) in [6.07, 6.45) is 6.32. The molecular weight excluding hydrogens is 344 g/mol. The molecule has 2 aromatic carbocycles. The fourth-order valence-electron chi connectivity index (χ4n) is 4.47. The number of rotatable bonds is 5. The summed E-state index contributed by atoms with van der Waals surface area (Å²) in [5.41, 5.74) is 5.00. The zero-order valence-corrected chi connectivity index (χ0v) is 17.0. The van der Waals surface area contributed by atoms with Crippen molar-refractivity contribution in [3.05, 3.63) is 71.4 Å². The Labute approximate surface area is 168 Å². The SMILES string of the molecule is CCn1cc(C(CC(=O)N2CCCCC2)c2ccc(C)cc2)c2ccccc21. The molecule has 0 bridgehead atoms. The molecule has 1 fully saturated rings. The van der Waals surface area contributed by atoms with E-state index in [9.17, 15) is 4.79 Å². The minimum atomic E-state index is 0.0905. The van der Waals surface area contributed by atoms with Crippen LogP contribution in [-0.4, -0.2) is 28.5 Å². The number of piperidine rings is 1. The van der Waals surface area contributed by atoms with Gasteiger partial charge in [0.1, 0.15) is 0 Å². The lowest BCUT2D eigenvalue weighted by Gasteiger charge is -2.28. The number of hydrogen-bond donors (Lipinski definition) is 0. The molecule has 1 saturated heterocycles. The third kappa shape index (κ3) is 3.71. The summed E-state index contributed by atoms with van der Waals surface area (Å²) >= 11 is 0. The van der Waals surface area contributed by atoms with E-state index in [-0.39, 0.29) is 5.92 Å². The monoisotopic (exact) mass is 374 g/mol. The van der Waals surface area contributed by atoms with E-state index in [0.717, 1.165) is 32.5 Å². The number of amides is 1. The molecule has 1 aromatic heterocycles. The first-order chi connectivity index (χ1) is 13.7. The van der Waals surface area contributed by atoms with E-state index in [0.29, 0.717) is 12.3 Å². The summed E-state index contributed by atoms with van der Waals surface area (Å²) < 4.78 is 2.30.